The third-order valence-corrected chi connectivity index (χ3v) is 3.90. The second-order valence-electron chi connectivity index (χ2n) is 5.18. The molecule has 0 saturated carbocycles. The van der Waals surface area contributed by atoms with Crippen molar-refractivity contribution < 1.29 is 0 Å². The van der Waals surface area contributed by atoms with Crippen LogP contribution >= 0.6 is 11.6 Å². The molecule has 1 saturated heterocycles. The fourth-order valence-electron chi connectivity index (χ4n) is 2.29. The zero-order valence-electron chi connectivity index (χ0n) is 10.8. The van der Waals surface area contributed by atoms with E-state index < -0.39 is 0 Å². The van der Waals surface area contributed by atoms with Gasteiger partial charge in [0.15, 0.2) is 0 Å². The van der Waals surface area contributed by atoms with Crippen LogP contribution in [0.25, 0.3) is 0 Å². The van der Waals surface area contributed by atoms with Gasteiger partial charge < -0.3 is 5.32 Å². The molecular formula is C14H21ClN2. The maximum Gasteiger partial charge on any atom is 0.0455 e. The van der Waals surface area contributed by atoms with Crippen LogP contribution in [0.5, 0.6) is 0 Å². The van der Waals surface area contributed by atoms with Crippen molar-refractivity contribution in [2.75, 3.05) is 18.4 Å². The lowest BCUT2D eigenvalue weighted by atomic mass is 10.2. The molecular weight excluding hydrogens is 232 g/mol. The van der Waals surface area contributed by atoms with Gasteiger partial charge in [0.05, 0.1) is 0 Å². The van der Waals surface area contributed by atoms with Gasteiger partial charge in [0.2, 0.25) is 0 Å². The summed E-state index contributed by atoms with van der Waals surface area (Å²) in [6.07, 6.45) is 1.21. The Morgan fingerprint density at radius 3 is 2.76 bits per heavy atom. The Morgan fingerprint density at radius 2 is 2.18 bits per heavy atom. The molecule has 1 N–H and O–H groups in total. The number of nitrogens with zero attached hydrogens (tertiary/aromatic N) is 1. The van der Waals surface area contributed by atoms with E-state index >= 15 is 0 Å². The van der Waals surface area contributed by atoms with Gasteiger partial charge in [0.25, 0.3) is 0 Å². The molecule has 1 unspecified atom stereocenters. The summed E-state index contributed by atoms with van der Waals surface area (Å²) >= 11 is 6.13. The summed E-state index contributed by atoms with van der Waals surface area (Å²) in [6.45, 7) is 8.86. The van der Waals surface area contributed by atoms with E-state index in [0.29, 0.717) is 12.1 Å². The maximum absolute atomic E-state index is 6.13. The number of anilines is 1. The maximum atomic E-state index is 6.13. The Hall–Kier alpha value is -0.730. The number of aryl methyl sites for hydroxylation is 1. The van der Waals surface area contributed by atoms with Crippen molar-refractivity contribution in [3.05, 3.63) is 28.8 Å². The lowest BCUT2D eigenvalue weighted by Crippen LogP contribution is -2.31. The molecule has 0 bridgehead atoms. The van der Waals surface area contributed by atoms with Crippen LogP contribution in [0.4, 0.5) is 5.69 Å². The molecule has 0 spiro atoms. The Labute approximate surface area is 109 Å². The molecule has 17 heavy (non-hydrogen) atoms. The van der Waals surface area contributed by atoms with Crippen LogP contribution < -0.4 is 5.32 Å². The highest BCUT2D eigenvalue weighted by atomic mass is 35.5. The lowest BCUT2D eigenvalue weighted by molar-refractivity contribution is 0.274. The minimum Gasteiger partial charge on any atom is -0.381 e. The highest BCUT2D eigenvalue weighted by Gasteiger charge is 2.23. The normalized spacial score (nSPS) is 21.1. The minimum atomic E-state index is 0.552. The van der Waals surface area contributed by atoms with E-state index in [1.165, 1.54) is 13.0 Å². The fourth-order valence-corrected chi connectivity index (χ4v) is 2.47. The van der Waals surface area contributed by atoms with Crippen LogP contribution in [0.15, 0.2) is 18.2 Å². The van der Waals surface area contributed by atoms with Gasteiger partial charge in [-0.15, -0.1) is 0 Å². The number of likely N-dealkylation sites (tertiary alicyclic amines) is 1. The predicted octanol–water partition coefficient (Wildman–Crippen LogP) is 3.54. The second kappa shape index (κ2) is 5.28. The number of benzene rings is 1. The van der Waals surface area contributed by atoms with E-state index in [0.717, 1.165) is 22.8 Å². The number of hydrogen-bond acceptors (Lipinski definition) is 2. The van der Waals surface area contributed by atoms with Crippen molar-refractivity contribution in [2.24, 2.45) is 0 Å². The monoisotopic (exact) mass is 252 g/mol. The lowest BCUT2D eigenvalue weighted by Gasteiger charge is -2.21. The molecule has 3 heteroatoms. The van der Waals surface area contributed by atoms with Crippen molar-refractivity contribution in [1.29, 1.82) is 0 Å². The first-order valence-corrected chi connectivity index (χ1v) is 6.71. The second-order valence-corrected chi connectivity index (χ2v) is 5.59. The van der Waals surface area contributed by atoms with Crippen molar-refractivity contribution >= 4 is 17.3 Å². The van der Waals surface area contributed by atoms with Crippen molar-refractivity contribution in [3.63, 3.8) is 0 Å². The van der Waals surface area contributed by atoms with E-state index in [1.54, 1.807) is 0 Å². The van der Waals surface area contributed by atoms with E-state index in [-0.39, 0.29) is 0 Å². The average molecular weight is 253 g/mol. The number of halogens is 1. The number of nitrogens with one attached hydrogen (secondary N) is 1. The van der Waals surface area contributed by atoms with Gasteiger partial charge in [-0.1, -0.05) is 17.7 Å². The van der Waals surface area contributed by atoms with Gasteiger partial charge in [-0.2, -0.15) is 0 Å². The Morgan fingerprint density at radius 1 is 1.41 bits per heavy atom. The predicted molar refractivity (Wildman–Crippen MR) is 74.9 cm³/mol. The SMILES string of the molecule is Cc1ccc(NC2CCN(C(C)C)C2)cc1Cl. The molecule has 1 aliphatic heterocycles. The quantitative estimate of drug-likeness (QED) is 0.885. The molecule has 0 aliphatic carbocycles. The van der Waals surface area contributed by atoms with E-state index in [1.807, 2.05) is 13.0 Å². The summed E-state index contributed by atoms with van der Waals surface area (Å²) in [5, 5.41) is 4.41. The highest BCUT2D eigenvalue weighted by Crippen LogP contribution is 2.22. The van der Waals surface area contributed by atoms with Crippen molar-refractivity contribution in [3.8, 4) is 0 Å². The van der Waals surface area contributed by atoms with E-state index in [4.69, 9.17) is 11.6 Å². The summed E-state index contributed by atoms with van der Waals surface area (Å²) in [4.78, 5) is 2.51. The fraction of sp³-hybridized carbons (Fsp3) is 0.571. The smallest absolute Gasteiger partial charge is 0.0455 e. The Bertz CT molecular complexity index is 390. The summed E-state index contributed by atoms with van der Waals surface area (Å²) < 4.78 is 0. The third kappa shape index (κ3) is 3.14. The average Bonchev–Trinajstić information content (AvgIpc) is 2.72. The molecule has 1 atom stereocenters. The molecule has 1 fully saturated rings. The van der Waals surface area contributed by atoms with Crippen molar-refractivity contribution in [2.45, 2.75) is 39.3 Å². The molecule has 94 valence electrons. The largest absolute Gasteiger partial charge is 0.381 e. The zero-order chi connectivity index (χ0) is 12.4. The minimum absolute atomic E-state index is 0.552. The zero-order valence-corrected chi connectivity index (χ0v) is 11.6. The van der Waals surface area contributed by atoms with Crippen LogP contribution in [0.3, 0.4) is 0 Å². The molecule has 1 heterocycles. The van der Waals surface area contributed by atoms with Crippen LogP contribution in [0.2, 0.25) is 5.02 Å². The van der Waals surface area contributed by atoms with Crippen LogP contribution in [0.1, 0.15) is 25.8 Å². The van der Waals surface area contributed by atoms with Crippen LogP contribution in [-0.2, 0) is 0 Å². The van der Waals surface area contributed by atoms with Gasteiger partial charge in [0, 0.05) is 35.9 Å². The van der Waals surface area contributed by atoms with Crippen LogP contribution in [-0.4, -0.2) is 30.1 Å². The summed E-state index contributed by atoms with van der Waals surface area (Å²) in [5.74, 6) is 0. The molecule has 0 amide bonds. The third-order valence-electron chi connectivity index (χ3n) is 3.49. The number of rotatable bonds is 3. The van der Waals surface area contributed by atoms with Crippen LogP contribution in [0, 0.1) is 6.92 Å². The molecule has 2 nitrogen and oxygen atoms in total. The molecule has 1 aromatic rings. The van der Waals surface area contributed by atoms with E-state index in [9.17, 15) is 0 Å². The van der Waals surface area contributed by atoms with E-state index in [2.05, 4.69) is 36.2 Å². The topological polar surface area (TPSA) is 15.3 Å². The summed E-state index contributed by atoms with van der Waals surface area (Å²) in [6, 6.07) is 7.40. The standard InChI is InChI=1S/C14H21ClN2/c1-10(2)17-7-6-13(9-17)16-12-5-4-11(3)14(15)8-12/h4-5,8,10,13,16H,6-7,9H2,1-3H3. The highest BCUT2D eigenvalue weighted by molar-refractivity contribution is 6.31. The van der Waals surface area contributed by atoms with Gasteiger partial charge in [-0.05, 0) is 44.9 Å². The Balaban J connectivity index is 1.96. The molecule has 0 aromatic heterocycles. The van der Waals surface area contributed by atoms with Gasteiger partial charge in [-0.25, -0.2) is 0 Å². The van der Waals surface area contributed by atoms with Gasteiger partial charge >= 0.3 is 0 Å². The molecule has 2 rings (SSSR count). The molecule has 1 aliphatic rings. The summed E-state index contributed by atoms with van der Waals surface area (Å²) in [5.41, 5.74) is 2.27. The molecule has 0 radical (unpaired) electrons. The summed E-state index contributed by atoms with van der Waals surface area (Å²) in [7, 11) is 0. The first-order valence-electron chi connectivity index (χ1n) is 6.33. The number of hydrogen-bond donors (Lipinski definition) is 1. The Kier molecular flexibility index (Phi) is 3.95. The van der Waals surface area contributed by atoms with Gasteiger partial charge in [-0.3, -0.25) is 4.90 Å². The van der Waals surface area contributed by atoms with Crippen molar-refractivity contribution in [1.82, 2.24) is 4.90 Å². The first-order chi connectivity index (χ1) is 8.06. The molecule has 1 aromatic carbocycles. The first kappa shape index (κ1) is 12.7. The van der Waals surface area contributed by atoms with Gasteiger partial charge in [0.1, 0.15) is 0 Å².